The lowest BCUT2D eigenvalue weighted by Gasteiger charge is -2.33. The molecule has 142 valence electrons. The van der Waals surface area contributed by atoms with E-state index in [1.165, 1.54) is 23.2 Å². The number of aliphatic imine (C=N–C) groups is 1. The van der Waals surface area contributed by atoms with Gasteiger partial charge < -0.3 is 5.11 Å². The number of benzene rings is 2. The molecule has 0 amide bonds. The van der Waals surface area contributed by atoms with Gasteiger partial charge in [-0.15, -0.1) is 4.40 Å². The maximum atomic E-state index is 12.8. The summed E-state index contributed by atoms with van der Waals surface area (Å²) < 4.78 is 29.6. The molecule has 2 aliphatic heterocycles. The molecule has 0 spiro atoms. The van der Waals surface area contributed by atoms with Gasteiger partial charge in [0.1, 0.15) is 5.84 Å². The number of allylic oxidation sites excluding steroid dienone is 2. The van der Waals surface area contributed by atoms with Crippen molar-refractivity contribution in [1.82, 2.24) is 4.90 Å². The second kappa shape index (κ2) is 6.70. The minimum absolute atomic E-state index is 0.0233. The number of aliphatic hydroxyl groups is 1. The first-order valence-corrected chi connectivity index (χ1v) is 10.3. The largest absolute Gasteiger partial charge is 0.360 e. The molecule has 2 heterocycles. The predicted molar refractivity (Wildman–Crippen MR) is 108 cm³/mol. The summed E-state index contributed by atoms with van der Waals surface area (Å²) in [5.74, 6) is 0.0927. The fraction of sp³-hybridized carbons (Fsp3) is 0.100. The predicted octanol–water partition coefficient (Wildman–Crippen LogP) is 3.29. The minimum atomic E-state index is -4.08. The summed E-state index contributed by atoms with van der Waals surface area (Å²) in [7, 11) is -4.08. The molecule has 0 aromatic heterocycles. The van der Waals surface area contributed by atoms with Crippen molar-refractivity contribution in [2.75, 3.05) is 0 Å². The van der Waals surface area contributed by atoms with Gasteiger partial charge in [0.25, 0.3) is 10.0 Å². The van der Waals surface area contributed by atoms with Gasteiger partial charge in [-0.1, -0.05) is 59.6 Å². The molecule has 1 unspecified atom stereocenters. The molecule has 0 fully saturated rings. The van der Waals surface area contributed by atoms with Crippen LogP contribution in [0.5, 0.6) is 0 Å². The quantitative estimate of drug-likeness (QED) is 0.837. The first-order chi connectivity index (χ1) is 13.3. The van der Waals surface area contributed by atoms with Crippen molar-refractivity contribution in [3.8, 4) is 0 Å². The number of hydrogen-bond acceptors (Lipinski definition) is 4. The molecule has 0 saturated heterocycles. The fourth-order valence-electron chi connectivity index (χ4n) is 3.01. The summed E-state index contributed by atoms with van der Waals surface area (Å²) in [6.07, 6.45) is 4.70. The van der Waals surface area contributed by atoms with Gasteiger partial charge in [-0.05, 0) is 31.2 Å². The number of amidine groups is 2. The van der Waals surface area contributed by atoms with Crippen molar-refractivity contribution in [3.05, 3.63) is 89.1 Å². The van der Waals surface area contributed by atoms with Crippen LogP contribution in [-0.2, 0) is 15.7 Å². The number of hydrogen-bond donors (Lipinski definition) is 1. The van der Waals surface area contributed by atoms with Gasteiger partial charge in [0, 0.05) is 11.8 Å². The van der Waals surface area contributed by atoms with Gasteiger partial charge in [-0.2, -0.15) is 8.42 Å². The zero-order valence-corrected chi connectivity index (χ0v) is 16.4. The van der Waals surface area contributed by atoms with E-state index in [0.717, 1.165) is 5.56 Å². The highest BCUT2D eigenvalue weighted by atomic mass is 35.5. The molecule has 8 heteroatoms. The van der Waals surface area contributed by atoms with Crippen LogP contribution in [0.4, 0.5) is 0 Å². The zero-order chi connectivity index (χ0) is 19.9. The summed E-state index contributed by atoms with van der Waals surface area (Å²) in [5, 5.41) is 11.9. The van der Waals surface area contributed by atoms with E-state index in [1.807, 2.05) is 6.92 Å². The number of sulfonamides is 1. The van der Waals surface area contributed by atoms with Gasteiger partial charge in [0.2, 0.25) is 11.6 Å². The van der Waals surface area contributed by atoms with Crippen LogP contribution >= 0.6 is 11.6 Å². The van der Waals surface area contributed by atoms with Gasteiger partial charge >= 0.3 is 0 Å². The Labute approximate surface area is 167 Å². The van der Waals surface area contributed by atoms with Gasteiger partial charge in [0.15, 0.2) is 0 Å². The molecule has 2 aliphatic rings. The molecule has 0 aliphatic carbocycles. The lowest BCUT2D eigenvalue weighted by atomic mass is 10.0. The van der Waals surface area contributed by atoms with E-state index in [4.69, 9.17) is 11.6 Å². The Hall–Kier alpha value is -2.74. The van der Waals surface area contributed by atoms with Crippen molar-refractivity contribution in [2.24, 2.45) is 9.39 Å². The van der Waals surface area contributed by atoms with Gasteiger partial charge in [0.05, 0.1) is 9.93 Å². The number of nitrogens with zero attached hydrogens (tertiary/aromatic N) is 3. The SMILES string of the molecule is Cc1ccc(S(=O)(=O)N=C2N=C3C=CC(Cl)=CN3C2(O)c2ccccc2)cc1. The van der Waals surface area contributed by atoms with Crippen LogP contribution in [0, 0.1) is 6.92 Å². The Morgan fingerprint density at radius 2 is 1.75 bits per heavy atom. The number of fused-ring (bicyclic) bond motifs is 1. The molecule has 0 radical (unpaired) electrons. The minimum Gasteiger partial charge on any atom is -0.360 e. The Kier molecular flexibility index (Phi) is 4.45. The highest BCUT2D eigenvalue weighted by Crippen LogP contribution is 2.37. The third-order valence-electron chi connectivity index (χ3n) is 4.47. The lowest BCUT2D eigenvalue weighted by molar-refractivity contribution is 0.0221. The Morgan fingerprint density at radius 1 is 1.07 bits per heavy atom. The number of aryl methyl sites for hydroxylation is 1. The Balaban J connectivity index is 1.89. The van der Waals surface area contributed by atoms with E-state index in [1.54, 1.807) is 54.6 Å². The van der Waals surface area contributed by atoms with E-state index in [2.05, 4.69) is 9.39 Å². The smallest absolute Gasteiger partial charge is 0.284 e. The summed E-state index contributed by atoms with van der Waals surface area (Å²) in [6, 6.07) is 14.9. The fourth-order valence-corrected chi connectivity index (χ4v) is 4.15. The van der Waals surface area contributed by atoms with Crippen molar-refractivity contribution >= 4 is 33.3 Å². The summed E-state index contributed by atoms with van der Waals surface area (Å²) in [6.45, 7) is 1.86. The molecule has 0 bridgehead atoms. The standard InChI is InChI=1S/C20H16ClN3O3S/c1-14-7-10-17(11-8-14)28(26,27)23-19-20(25,15-5-3-2-4-6-15)24-13-16(21)9-12-18(24)22-19/h2-13,25H,1H3. The molecule has 2 aromatic rings. The molecule has 0 saturated carbocycles. The lowest BCUT2D eigenvalue weighted by Crippen LogP contribution is -2.46. The molecule has 4 rings (SSSR count). The van der Waals surface area contributed by atoms with Crippen molar-refractivity contribution in [3.63, 3.8) is 0 Å². The molecular weight excluding hydrogens is 398 g/mol. The van der Waals surface area contributed by atoms with E-state index in [-0.39, 0.29) is 10.7 Å². The first kappa shape index (κ1) is 18.6. The zero-order valence-electron chi connectivity index (χ0n) is 14.8. The van der Waals surface area contributed by atoms with Crippen LogP contribution in [0.3, 0.4) is 0 Å². The van der Waals surface area contributed by atoms with Crippen LogP contribution in [0.1, 0.15) is 11.1 Å². The van der Waals surface area contributed by atoms with Crippen LogP contribution in [-0.4, -0.2) is 30.1 Å². The summed E-state index contributed by atoms with van der Waals surface area (Å²) in [4.78, 5) is 5.71. The summed E-state index contributed by atoms with van der Waals surface area (Å²) >= 11 is 6.10. The second-order valence-corrected chi connectivity index (χ2v) is 8.47. The topological polar surface area (TPSA) is 82.3 Å². The normalized spacial score (nSPS) is 22.8. The number of halogens is 1. The van der Waals surface area contributed by atoms with E-state index in [0.29, 0.717) is 16.4 Å². The Bertz CT molecular complexity index is 1150. The van der Waals surface area contributed by atoms with Crippen LogP contribution < -0.4 is 0 Å². The molecule has 1 N–H and O–H groups in total. The average Bonchev–Trinajstić information content (AvgIpc) is 2.95. The maximum Gasteiger partial charge on any atom is 0.284 e. The first-order valence-electron chi connectivity index (χ1n) is 8.44. The van der Waals surface area contributed by atoms with E-state index in [9.17, 15) is 13.5 Å². The van der Waals surface area contributed by atoms with Crippen LogP contribution in [0.25, 0.3) is 0 Å². The molecule has 2 aromatic carbocycles. The monoisotopic (exact) mass is 413 g/mol. The Morgan fingerprint density at radius 3 is 2.43 bits per heavy atom. The van der Waals surface area contributed by atoms with Crippen molar-refractivity contribution in [1.29, 1.82) is 0 Å². The van der Waals surface area contributed by atoms with Gasteiger partial charge in [-0.3, -0.25) is 4.90 Å². The second-order valence-electron chi connectivity index (χ2n) is 6.43. The molecule has 28 heavy (non-hydrogen) atoms. The summed E-state index contributed by atoms with van der Waals surface area (Å²) in [5.41, 5.74) is -0.558. The number of rotatable bonds is 3. The van der Waals surface area contributed by atoms with E-state index >= 15 is 0 Å². The molecular formula is C20H16ClN3O3S. The molecule has 6 nitrogen and oxygen atoms in total. The average molecular weight is 414 g/mol. The third-order valence-corrected chi connectivity index (χ3v) is 5.98. The van der Waals surface area contributed by atoms with Crippen molar-refractivity contribution < 1.29 is 13.5 Å². The third kappa shape index (κ3) is 3.07. The highest BCUT2D eigenvalue weighted by molar-refractivity contribution is 7.90. The van der Waals surface area contributed by atoms with E-state index < -0.39 is 15.7 Å². The highest BCUT2D eigenvalue weighted by Gasteiger charge is 2.49. The molecule has 1 atom stereocenters. The van der Waals surface area contributed by atoms with Crippen LogP contribution in [0.15, 0.2) is 92.3 Å². The van der Waals surface area contributed by atoms with Crippen molar-refractivity contribution in [2.45, 2.75) is 17.5 Å². The van der Waals surface area contributed by atoms with Crippen LogP contribution in [0.2, 0.25) is 0 Å². The van der Waals surface area contributed by atoms with Gasteiger partial charge in [-0.25, -0.2) is 4.99 Å². The maximum absolute atomic E-state index is 12.8.